The summed E-state index contributed by atoms with van der Waals surface area (Å²) in [6, 6.07) is 13.4. The van der Waals surface area contributed by atoms with Gasteiger partial charge < -0.3 is 38.5 Å². The summed E-state index contributed by atoms with van der Waals surface area (Å²) in [5.74, 6) is 0.204. The van der Waals surface area contributed by atoms with Crippen LogP contribution in [0, 0.1) is 0 Å². The van der Waals surface area contributed by atoms with Crippen LogP contribution in [0.1, 0.15) is 11.4 Å². The number of pyridine rings is 3. The van der Waals surface area contributed by atoms with Crippen LogP contribution >= 0.6 is 0 Å². The van der Waals surface area contributed by atoms with Gasteiger partial charge in [0.25, 0.3) is 0 Å². The van der Waals surface area contributed by atoms with Gasteiger partial charge >= 0.3 is 0 Å². The molecule has 0 bridgehead atoms. The van der Waals surface area contributed by atoms with E-state index in [9.17, 15) is 5.11 Å². The predicted octanol–water partition coefficient (Wildman–Crippen LogP) is -0.223. The lowest BCUT2D eigenvalue weighted by atomic mass is 10.2. The molecule has 4 rings (SSSR count). The van der Waals surface area contributed by atoms with E-state index in [-0.39, 0.29) is 29.7 Å². The number of hydrogen-bond acceptors (Lipinski definition) is 6. The maximum atomic E-state index is 10.3. The SMILES string of the molecule is CN(Cc1ccccn1)Cc1cc(O)cc(-c2cc(N3CC[N+](C)(C)CC3)ccn2)n1.[I-]. The van der Waals surface area contributed by atoms with Crippen molar-refractivity contribution in [2.45, 2.75) is 13.1 Å². The third-order valence-corrected chi connectivity index (χ3v) is 5.77. The Bertz CT molecular complexity index is 1020. The first-order valence-electron chi connectivity index (χ1n) is 10.7. The molecule has 3 aromatic rings. The number of rotatable bonds is 6. The summed E-state index contributed by atoms with van der Waals surface area (Å²) in [5.41, 5.74) is 4.43. The normalized spacial score (nSPS) is 15.4. The van der Waals surface area contributed by atoms with Gasteiger partial charge in [0.2, 0.25) is 0 Å². The molecule has 32 heavy (non-hydrogen) atoms. The summed E-state index contributed by atoms with van der Waals surface area (Å²) in [6.07, 6.45) is 3.63. The highest BCUT2D eigenvalue weighted by molar-refractivity contribution is 5.63. The van der Waals surface area contributed by atoms with E-state index in [1.54, 1.807) is 18.3 Å². The number of piperazine rings is 1. The number of anilines is 1. The van der Waals surface area contributed by atoms with Crippen molar-refractivity contribution in [2.24, 2.45) is 0 Å². The molecule has 7 nitrogen and oxygen atoms in total. The minimum atomic E-state index is 0. The Morgan fingerprint density at radius 2 is 1.69 bits per heavy atom. The quantitative estimate of drug-likeness (QED) is 0.341. The maximum Gasteiger partial charge on any atom is 0.119 e. The molecule has 1 aliphatic heterocycles. The van der Waals surface area contributed by atoms with E-state index in [0.717, 1.165) is 53.4 Å². The van der Waals surface area contributed by atoms with Crippen molar-refractivity contribution < 1.29 is 33.6 Å². The number of nitrogens with zero attached hydrogens (tertiary/aromatic N) is 6. The first-order chi connectivity index (χ1) is 14.9. The molecule has 170 valence electrons. The van der Waals surface area contributed by atoms with Crippen LogP contribution in [0.15, 0.2) is 54.9 Å². The van der Waals surface area contributed by atoms with Crippen molar-refractivity contribution >= 4 is 5.69 Å². The van der Waals surface area contributed by atoms with Gasteiger partial charge in [0.15, 0.2) is 0 Å². The first kappa shape index (κ1) is 24.3. The van der Waals surface area contributed by atoms with Crippen LogP contribution in [0.4, 0.5) is 5.69 Å². The van der Waals surface area contributed by atoms with Gasteiger partial charge in [-0.3, -0.25) is 14.9 Å². The molecule has 0 amide bonds. The second kappa shape index (κ2) is 10.5. The molecule has 1 fully saturated rings. The average Bonchev–Trinajstić information content (AvgIpc) is 2.74. The molecule has 0 radical (unpaired) electrons. The van der Waals surface area contributed by atoms with Gasteiger partial charge in [-0.25, -0.2) is 4.98 Å². The lowest BCUT2D eigenvalue weighted by Gasteiger charge is -2.40. The number of halogens is 1. The Balaban J connectivity index is 0.00000289. The van der Waals surface area contributed by atoms with Crippen LogP contribution in [0.5, 0.6) is 5.75 Å². The van der Waals surface area contributed by atoms with Crippen LogP contribution in [0.25, 0.3) is 11.4 Å². The lowest BCUT2D eigenvalue weighted by Crippen LogP contribution is -3.00. The van der Waals surface area contributed by atoms with E-state index in [0.29, 0.717) is 18.8 Å². The Morgan fingerprint density at radius 1 is 0.938 bits per heavy atom. The molecule has 0 aromatic carbocycles. The predicted molar refractivity (Wildman–Crippen MR) is 123 cm³/mol. The fourth-order valence-electron chi connectivity index (χ4n) is 3.91. The van der Waals surface area contributed by atoms with E-state index < -0.39 is 0 Å². The Labute approximate surface area is 207 Å². The van der Waals surface area contributed by atoms with E-state index in [1.165, 1.54) is 0 Å². The van der Waals surface area contributed by atoms with Crippen molar-refractivity contribution in [3.63, 3.8) is 0 Å². The van der Waals surface area contributed by atoms with Crippen LogP contribution in [-0.4, -0.2) is 76.8 Å². The molecule has 1 aliphatic rings. The standard InChI is InChI=1S/C24H30N6O.HI/c1-28(17-19-6-4-5-8-25-19)18-20-14-22(31)16-24(27-20)23-15-21(7-9-26-23)29-10-12-30(2,3)13-11-29;/h4-9,14-16H,10-13,17-18H2,1-3H3;1H. The van der Waals surface area contributed by atoms with Crippen molar-refractivity contribution in [1.82, 2.24) is 19.9 Å². The number of likely N-dealkylation sites (N-methyl/N-ethyl adjacent to an activating group) is 1. The van der Waals surface area contributed by atoms with Crippen molar-refractivity contribution in [3.8, 4) is 17.1 Å². The second-order valence-electron chi connectivity index (χ2n) is 8.96. The Morgan fingerprint density at radius 3 is 2.41 bits per heavy atom. The summed E-state index contributed by atoms with van der Waals surface area (Å²) < 4.78 is 1.05. The van der Waals surface area contributed by atoms with Crippen LogP contribution in [0.3, 0.4) is 0 Å². The zero-order chi connectivity index (χ0) is 21.8. The molecular formula is C24H31IN6O. The van der Waals surface area contributed by atoms with Gasteiger partial charge in [-0.05, 0) is 31.3 Å². The smallest absolute Gasteiger partial charge is 0.119 e. The van der Waals surface area contributed by atoms with Crippen molar-refractivity contribution in [2.75, 3.05) is 52.2 Å². The van der Waals surface area contributed by atoms with Gasteiger partial charge in [0.05, 0.1) is 63.1 Å². The minimum absolute atomic E-state index is 0. The van der Waals surface area contributed by atoms with Crippen LogP contribution in [0.2, 0.25) is 0 Å². The molecule has 0 spiro atoms. The lowest BCUT2D eigenvalue weighted by molar-refractivity contribution is -0.890. The molecule has 4 heterocycles. The molecule has 0 aliphatic carbocycles. The van der Waals surface area contributed by atoms with E-state index in [1.807, 2.05) is 31.4 Å². The second-order valence-corrected chi connectivity index (χ2v) is 8.96. The summed E-state index contributed by atoms with van der Waals surface area (Å²) >= 11 is 0. The summed E-state index contributed by atoms with van der Waals surface area (Å²) in [5, 5.41) is 10.3. The molecule has 0 unspecified atom stereocenters. The molecule has 1 N–H and O–H groups in total. The number of hydrogen-bond donors (Lipinski definition) is 1. The summed E-state index contributed by atoms with van der Waals surface area (Å²) in [7, 11) is 6.58. The van der Waals surface area contributed by atoms with Crippen LogP contribution < -0.4 is 28.9 Å². The van der Waals surface area contributed by atoms with Gasteiger partial charge in [-0.1, -0.05) is 6.07 Å². The van der Waals surface area contributed by atoms with Crippen molar-refractivity contribution in [3.05, 3.63) is 66.2 Å². The van der Waals surface area contributed by atoms with E-state index in [4.69, 9.17) is 4.98 Å². The fourth-order valence-corrected chi connectivity index (χ4v) is 3.91. The van der Waals surface area contributed by atoms with Crippen molar-refractivity contribution in [1.29, 1.82) is 0 Å². The molecular weight excluding hydrogens is 515 g/mol. The molecule has 3 aromatic heterocycles. The zero-order valence-electron chi connectivity index (χ0n) is 18.9. The minimum Gasteiger partial charge on any atom is -1.00 e. The molecule has 1 saturated heterocycles. The highest BCUT2D eigenvalue weighted by Crippen LogP contribution is 2.26. The van der Waals surface area contributed by atoms with Gasteiger partial charge in [0, 0.05) is 43.3 Å². The number of quaternary nitrogens is 1. The number of aromatic nitrogens is 3. The summed E-state index contributed by atoms with van der Waals surface area (Å²) in [4.78, 5) is 18.2. The monoisotopic (exact) mass is 546 g/mol. The largest absolute Gasteiger partial charge is 1.00 e. The maximum absolute atomic E-state index is 10.3. The number of aromatic hydroxyl groups is 1. The van der Waals surface area contributed by atoms with Crippen LogP contribution in [-0.2, 0) is 13.1 Å². The zero-order valence-corrected chi connectivity index (χ0v) is 21.1. The van der Waals surface area contributed by atoms with Gasteiger partial charge in [0.1, 0.15) is 5.75 Å². The average molecular weight is 546 g/mol. The van der Waals surface area contributed by atoms with Gasteiger partial charge in [-0.15, -0.1) is 0 Å². The first-order valence-corrected chi connectivity index (χ1v) is 10.7. The Kier molecular flexibility index (Phi) is 8.02. The molecule has 0 saturated carbocycles. The third-order valence-electron chi connectivity index (χ3n) is 5.77. The van der Waals surface area contributed by atoms with E-state index >= 15 is 0 Å². The molecule has 8 heteroatoms. The fraction of sp³-hybridized carbons (Fsp3) is 0.375. The van der Waals surface area contributed by atoms with E-state index in [2.05, 4.69) is 46.0 Å². The summed E-state index contributed by atoms with van der Waals surface area (Å²) in [6.45, 7) is 5.60. The van der Waals surface area contributed by atoms with Gasteiger partial charge in [-0.2, -0.15) is 0 Å². The molecule has 0 atom stereocenters. The third kappa shape index (κ3) is 6.36. The highest BCUT2D eigenvalue weighted by atomic mass is 127. The topological polar surface area (TPSA) is 65.4 Å². The highest BCUT2D eigenvalue weighted by Gasteiger charge is 2.24. The Hall–Kier alpha value is -2.30.